The zero-order chi connectivity index (χ0) is 15.5. The number of aromatic nitrogens is 4. The number of ether oxygens (including phenoxy) is 1. The average molecular weight is 297 g/mol. The lowest BCUT2D eigenvalue weighted by Crippen LogP contribution is -2.25. The van der Waals surface area contributed by atoms with Gasteiger partial charge in [-0.25, -0.2) is 9.97 Å². The van der Waals surface area contributed by atoms with Crippen molar-refractivity contribution < 1.29 is 4.74 Å². The second kappa shape index (κ2) is 5.90. The first-order valence-electron chi connectivity index (χ1n) is 6.76. The molecule has 22 heavy (non-hydrogen) atoms. The highest BCUT2D eigenvalue weighted by Gasteiger charge is 2.14. The zero-order valence-corrected chi connectivity index (χ0v) is 12.1. The van der Waals surface area contributed by atoms with E-state index in [0.717, 1.165) is 0 Å². The van der Waals surface area contributed by atoms with Gasteiger partial charge in [-0.1, -0.05) is 0 Å². The molecular weight excluding hydrogens is 282 g/mol. The first-order chi connectivity index (χ1) is 10.7. The highest BCUT2D eigenvalue weighted by Crippen LogP contribution is 2.17. The van der Waals surface area contributed by atoms with Gasteiger partial charge in [0.15, 0.2) is 5.82 Å². The van der Waals surface area contributed by atoms with Crippen molar-refractivity contribution in [1.29, 1.82) is 0 Å². The fourth-order valence-corrected chi connectivity index (χ4v) is 2.24. The summed E-state index contributed by atoms with van der Waals surface area (Å²) in [5, 5.41) is 0.476. The minimum atomic E-state index is -0.171. The highest BCUT2D eigenvalue weighted by molar-refractivity contribution is 5.82. The van der Waals surface area contributed by atoms with Gasteiger partial charge < -0.3 is 10.5 Å². The summed E-state index contributed by atoms with van der Waals surface area (Å²) in [5.74, 6) is 0.465. The molecule has 3 rings (SSSR count). The second-order valence-electron chi connectivity index (χ2n) is 4.75. The quantitative estimate of drug-likeness (QED) is 0.724. The van der Waals surface area contributed by atoms with Gasteiger partial charge in [-0.2, -0.15) is 0 Å². The Hall–Kier alpha value is -2.80. The Morgan fingerprint density at radius 3 is 2.91 bits per heavy atom. The van der Waals surface area contributed by atoms with E-state index in [-0.39, 0.29) is 5.56 Å². The number of nitrogens with zero attached hydrogens (tertiary/aromatic N) is 4. The monoisotopic (exact) mass is 297 g/mol. The van der Waals surface area contributed by atoms with E-state index >= 15 is 0 Å². The molecule has 0 saturated heterocycles. The van der Waals surface area contributed by atoms with Crippen LogP contribution in [0.3, 0.4) is 0 Å². The van der Waals surface area contributed by atoms with Gasteiger partial charge in [0.25, 0.3) is 5.56 Å². The largest absolute Gasteiger partial charge is 0.399 e. The molecule has 7 heteroatoms. The molecule has 2 heterocycles. The third-order valence-electron chi connectivity index (χ3n) is 3.29. The lowest BCUT2D eigenvalue weighted by Gasteiger charge is -2.12. The molecule has 3 aromatic rings. The van der Waals surface area contributed by atoms with Gasteiger partial charge in [0, 0.05) is 25.2 Å². The van der Waals surface area contributed by atoms with Crippen LogP contribution in [0.2, 0.25) is 0 Å². The maximum Gasteiger partial charge on any atom is 0.261 e. The molecule has 0 saturated carbocycles. The Kier molecular flexibility index (Phi) is 3.80. The fourth-order valence-electron chi connectivity index (χ4n) is 2.24. The maximum absolute atomic E-state index is 12.7. The van der Waals surface area contributed by atoms with Gasteiger partial charge in [0.1, 0.15) is 5.69 Å². The van der Waals surface area contributed by atoms with Crippen LogP contribution >= 0.6 is 0 Å². The predicted molar refractivity (Wildman–Crippen MR) is 83.3 cm³/mol. The van der Waals surface area contributed by atoms with Crippen LogP contribution in [0.1, 0.15) is 0 Å². The molecule has 0 atom stereocenters. The Bertz CT molecular complexity index is 861. The molecule has 0 spiro atoms. The van der Waals surface area contributed by atoms with E-state index in [2.05, 4.69) is 15.0 Å². The first-order valence-corrected chi connectivity index (χ1v) is 6.76. The van der Waals surface area contributed by atoms with Gasteiger partial charge in [-0.15, -0.1) is 0 Å². The summed E-state index contributed by atoms with van der Waals surface area (Å²) in [4.78, 5) is 25.6. The molecule has 0 radical (unpaired) electrons. The number of fused-ring (bicyclic) bond motifs is 1. The van der Waals surface area contributed by atoms with Crippen LogP contribution in [0.4, 0.5) is 5.69 Å². The van der Waals surface area contributed by atoms with Crippen molar-refractivity contribution in [2.24, 2.45) is 0 Å². The highest BCUT2D eigenvalue weighted by atomic mass is 16.5. The van der Waals surface area contributed by atoms with Gasteiger partial charge in [0.05, 0.1) is 30.3 Å². The van der Waals surface area contributed by atoms with Crippen molar-refractivity contribution in [2.45, 2.75) is 6.54 Å². The molecule has 112 valence electrons. The van der Waals surface area contributed by atoms with Crippen molar-refractivity contribution in [3.05, 3.63) is 47.1 Å². The summed E-state index contributed by atoms with van der Waals surface area (Å²) in [6.45, 7) is 0.766. The standard InChI is InChI=1S/C15H15N5O2/c1-22-7-6-20-14(13-9-17-4-5-18-13)19-12-3-2-10(16)8-11(12)15(20)21/h2-5,8-9H,6-7,16H2,1H3. The molecule has 2 N–H and O–H groups in total. The Morgan fingerprint density at radius 2 is 2.18 bits per heavy atom. The number of benzene rings is 1. The van der Waals surface area contributed by atoms with E-state index in [0.29, 0.717) is 41.3 Å². The number of nitrogens with two attached hydrogens (primary N) is 1. The lowest BCUT2D eigenvalue weighted by atomic mass is 10.2. The number of hydrogen-bond acceptors (Lipinski definition) is 6. The molecular formula is C15H15N5O2. The van der Waals surface area contributed by atoms with Gasteiger partial charge in [-0.3, -0.25) is 14.3 Å². The summed E-state index contributed by atoms with van der Waals surface area (Å²) in [6, 6.07) is 5.08. The first kappa shape index (κ1) is 14.2. The zero-order valence-electron chi connectivity index (χ0n) is 12.1. The Morgan fingerprint density at radius 1 is 1.32 bits per heavy atom. The molecule has 0 aliphatic carbocycles. The molecule has 1 aromatic carbocycles. The van der Waals surface area contributed by atoms with Crippen molar-refractivity contribution in [2.75, 3.05) is 19.5 Å². The van der Waals surface area contributed by atoms with Crippen molar-refractivity contribution in [3.63, 3.8) is 0 Å². The number of methoxy groups -OCH3 is 1. The summed E-state index contributed by atoms with van der Waals surface area (Å²) >= 11 is 0. The van der Waals surface area contributed by atoms with Crippen molar-refractivity contribution >= 4 is 16.6 Å². The molecule has 7 nitrogen and oxygen atoms in total. The van der Waals surface area contributed by atoms with E-state index in [9.17, 15) is 4.79 Å². The lowest BCUT2D eigenvalue weighted by molar-refractivity contribution is 0.186. The molecule has 0 aliphatic rings. The molecule has 0 amide bonds. The van der Waals surface area contributed by atoms with Gasteiger partial charge in [0.2, 0.25) is 0 Å². The summed E-state index contributed by atoms with van der Waals surface area (Å²) in [5.41, 5.74) is 7.24. The third kappa shape index (κ3) is 2.53. The number of hydrogen-bond donors (Lipinski definition) is 1. The maximum atomic E-state index is 12.7. The molecule has 0 bridgehead atoms. The van der Waals surface area contributed by atoms with Crippen LogP contribution < -0.4 is 11.3 Å². The molecule has 2 aromatic heterocycles. The summed E-state index contributed by atoms with van der Waals surface area (Å²) < 4.78 is 6.62. The number of nitrogen functional groups attached to an aromatic ring is 1. The van der Waals surface area contributed by atoms with Crippen LogP contribution in [0.25, 0.3) is 22.4 Å². The van der Waals surface area contributed by atoms with Crippen LogP contribution in [0, 0.1) is 0 Å². The van der Waals surface area contributed by atoms with Crippen LogP contribution in [0.15, 0.2) is 41.6 Å². The summed E-state index contributed by atoms with van der Waals surface area (Å²) in [6.07, 6.45) is 4.71. The second-order valence-corrected chi connectivity index (χ2v) is 4.75. The topological polar surface area (TPSA) is 95.9 Å². The minimum Gasteiger partial charge on any atom is -0.399 e. The molecule has 0 fully saturated rings. The smallest absolute Gasteiger partial charge is 0.261 e. The molecule has 0 unspecified atom stereocenters. The Balaban J connectivity index is 2.29. The van der Waals surface area contributed by atoms with Gasteiger partial charge >= 0.3 is 0 Å². The van der Waals surface area contributed by atoms with E-state index in [1.165, 1.54) is 4.57 Å². The third-order valence-corrected chi connectivity index (χ3v) is 3.29. The normalized spacial score (nSPS) is 11.0. The van der Waals surface area contributed by atoms with E-state index < -0.39 is 0 Å². The molecule has 0 aliphatic heterocycles. The van der Waals surface area contributed by atoms with E-state index in [1.54, 1.807) is 43.9 Å². The minimum absolute atomic E-state index is 0.171. The van der Waals surface area contributed by atoms with E-state index in [4.69, 9.17) is 10.5 Å². The van der Waals surface area contributed by atoms with Gasteiger partial charge in [-0.05, 0) is 18.2 Å². The van der Waals surface area contributed by atoms with Crippen LogP contribution in [-0.2, 0) is 11.3 Å². The number of anilines is 1. The number of rotatable bonds is 4. The van der Waals surface area contributed by atoms with Crippen molar-refractivity contribution in [1.82, 2.24) is 19.5 Å². The van der Waals surface area contributed by atoms with Crippen LogP contribution in [0.5, 0.6) is 0 Å². The predicted octanol–water partition coefficient (Wildman–Crippen LogP) is 1.08. The van der Waals surface area contributed by atoms with E-state index in [1.807, 2.05) is 0 Å². The fraction of sp³-hybridized carbons (Fsp3) is 0.200. The average Bonchev–Trinajstić information content (AvgIpc) is 2.55. The van der Waals surface area contributed by atoms with Crippen molar-refractivity contribution in [3.8, 4) is 11.5 Å². The Labute approximate surface area is 126 Å². The summed E-state index contributed by atoms with van der Waals surface area (Å²) in [7, 11) is 1.58. The SMILES string of the molecule is COCCn1c(-c2cnccn2)nc2ccc(N)cc2c1=O. The van der Waals surface area contributed by atoms with Crippen LogP contribution in [-0.4, -0.2) is 33.2 Å².